The Kier molecular flexibility index (Phi) is 5.28. The molecule has 3 rings (SSSR count). The van der Waals surface area contributed by atoms with Crippen molar-refractivity contribution in [2.24, 2.45) is 10.1 Å². The molecule has 1 saturated carbocycles. The summed E-state index contributed by atoms with van der Waals surface area (Å²) in [4.78, 5) is 5.61. The number of nitrogens with zero attached hydrogens (tertiary/aromatic N) is 3. The topological polar surface area (TPSA) is 29.6 Å². The molecule has 1 aromatic carbocycles. The summed E-state index contributed by atoms with van der Waals surface area (Å²) in [7, 11) is 0. The number of thiazole rings is 1. The predicted molar refractivity (Wildman–Crippen MR) is 102 cm³/mol. The number of hydrogen-bond donors (Lipinski definition) is 0. The number of halogens is 1. The molecule has 0 amide bonds. The molecule has 2 aromatic rings. The van der Waals surface area contributed by atoms with Crippen LogP contribution in [0.2, 0.25) is 0 Å². The van der Waals surface area contributed by atoms with E-state index in [0.29, 0.717) is 6.54 Å². The van der Waals surface area contributed by atoms with Gasteiger partial charge in [0.25, 0.3) is 0 Å². The highest BCUT2D eigenvalue weighted by Crippen LogP contribution is 2.23. The van der Waals surface area contributed by atoms with Gasteiger partial charge in [-0.25, -0.2) is 4.68 Å². The molecular weight excluding hydrogens is 370 g/mol. The lowest BCUT2D eigenvalue weighted by Gasteiger charge is -2.05. The molecule has 0 atom stereocenters. The van der Waals surface area contributed by atoms with E-state index >= 15 is 0 Å². The summed E-state index contributed by atoms with van der Waals surface area (Å²) in [5.74, 6) is 0. The van der Waals surface area contributed by atoms with Gasteiger partial charge < -0.3 is 0 Å². The van der Waals surface area contributed by atoms with Crippen molar-refractivity contribution in [3.05, 3.63) is 51.1 Å². The fourth-order valence-electron chi connectivity index (χ4n) is 2.55. The van der Waals surface area contributed by atoms with Gasteiger partial charge in [-0.05, 0) is 44.7 Å². The summed E-state index contributed by atoms with van der Waals surface area (Å²) in [5.41, 5.74) is 4.59. The molecule has 5 heteroatoms. The van der Waals surface area contributed by atoms with Crippen molar-refractivity contribution in [2.75, 3.05) is 6.54 Å². The predicted octanol–water partition coefficient (Wildman–Crippen LogP) is 5.23. The number of rotatable bonds is 4. The summed E-state index contributed by atoms with van der Waals surface area (Å²) in [5, 5.41) is 7.04. The molecule has 0 bridgehead atoms. The van der Waals surface area contributed by atoms with E-state index in [1.807, 2.05) is 11.6 Å². The standard InChI is InChI=1S/C18H20BrN3S/c1-13(2)11-20-18-22(21-16-5-3-4-6-16)17(12-23-18)14-7-9-15(19)10-8-14/h7-10,12H,1,3-6,11H2,2H3. The van der Waals surface area contributed by atoms with Gasteiger partial charge >= 0.3 is 0 Å². The molecule has 1 aromatic heterocycles. The van der Waals surface area contributed by atoms with Gasteiger partial charge in [-0.3, -0.25) is 4.99 Å². The van der Waals surface area contributed by atoms with Crippen LogP contribution >= 0.6 is 27.3 Å². The van der Waals surface area contributed by atoms with Crippen molar-refractivity contribution >= 4 is 33.0 Å². The van der Waals surface area contributed by atoms with Crippen LogP contribution in [0.3, 0.4) is 0 Å². The minimum atomic E-state index is 0.644. The van der Waals surface area contributed by atoms with Crippen LogP contribution in [0.4, 0.5) is 0 Å². The maximum absolute atomic E-state index is 4.90. The molecule has 1 heterocycles. The Balaban J connectivity index is 2.08. The molecule has 0 unspecified atom stereocenters. The monoisotopic (exact) mass is 389 g/mol. The van der Waals surface area contributed by atoms with Gasteiger partial charge in [0.15, 0.2) is 0 Å². The first-order valence-corrected chi connectivity index (χ1v) is 9.49. The van der Waals surface area contributed by atoms with Crippen molar-refractivity contribution in [1.29, 1.82) is 0 Å². The zero-order valence-corrected chi connectivity index (χ0v) is 15.7. The van der Waals surface area contributed by atoms with Gasteiger partial charge in [0, 0.05) is 21.1 Å². The van der Waals surface area contributed by atoms with Gasteiger partial charge in [-0.15, -0.1) is 11.3 Å². The van der Waals surface area contributed by atoms with E-state index < -0.39 is 0 Å². The fourth-order valence-corrected chi connectivity index (χ4v) is 3.65. The van der Waals surface area contributed by atoms with Crippen LogP contribution in [0.15, 0.2) is 56.4 Å². The molecule has 0 radical (unpaired) electrons. The van der Waals surface area contributed by atoms with E-state index in [-0.39, 0.29) is 0 Å². The zero-order chi connectivity index (χ0) is 16.2. The summed E-state index contributed by atoms with van der Waals surface area (Å²) < 4.78 is 3.09. The van der Waals surface area contributed by atoms with Crippen molar-refractivity contribution in [3.63, 3.8) is 0 Å². The van der Waals surface area contributed by atoms with E-state index in [0.717, 1.165) is 38.9 Å². The highest BCUT2D eigenvalue weighted by molar-refractivity contribution is 9.10. The van der Waals surface area contributed by atoms with Crippen LogP contribution in [0.25, 0.3) is 11.3 Å². The van der Waals surface area contributed by atoms with Gasteiger partial charge in [0.05, 0.1) is 12.2 Å². The molecule has 1 aliphatic rings. The lowest BCUT2D eigenvalue weighted by atomic mass is 10.2. The normalized spacial score (nSPS) is 15.2. The average molecular weight is 390 g/mol. The molecule has 1 aliphatic carbocycles. The molecular formula is C18H20BrN3S. The van der Waals surface area contributed by atoms with Crippen molar-refractivity contribution < 1.29 is 0 Å². The van der Waals surface area contributed by atoms with E-state index in [4.69, 9.17) is 5.10 Å². The summed E-state index contributed by atoms with van der Waals surface area (Å²) >= 11 is 5.13. The largest absolute Gasteiger partial charge is 0.253 e. The summed E-state index contributed by atoms with van der Waals surface area (Å²) in [6.45, 7) is 6.58. The Morgan fingerprint density at radius 3 is 2.61 bits per heavy atom. The van der Waals surface area contributed by atoms with E-state index in [1.165, 1.54) is 18.6 Å². The van der Waals surface area contributed by atoms with E-state index in [9.17, 15) is 0 Å². The smallest absolute Gasteiger partial charge is 0.206 e. The lowest BCUT2D eigenvalue weighted by Crippen LogP contribution is -2.14. The molecule has 0 aliphatic heterocycles. The van der Waals surface area contributed by atoms with Crippen molar-refractivity contribution in [2.45, 2.75) is 32.6 Å². The second-order valence-electron chi connectivity index (χ2n) is 5.87. The first-order chi connectivity index (χ1) is 11.1. The fraction of sp³-hybridized carbons (Fsp3) is 0.333. The average Bonchev–Trinajstić information content (AvgIpc) is 3.17. The van der Waals surface area contributed by atoms with Gasteiger partial charge in [0.2, 0.25) is 4.80 Å². The van der Waals surface area contributed by atoms with Crippen LogP contribution in [0.5, 0.6) is 0 Å². The van der Waals surface area contributed by atoms with Crippen LogP contribution in [-0.2, 0) is 0 Å². The lowest BCUT2D eigenvalue weighted by molar-refractivity contribution is 0.824. The Morgan fingerprint density at radius 1 is 1.26 bits per heavy atom. The quantitative estimate of drug-likeness (QED) is 0.640. The van der Waals surface area contributed by atoms with Crippen LogP contribution in [-0.4, -0.2) is 16.9 Å². The third kappa shape index (κ3) is 4.09. The van der Waals surface area contributed by atoms with Crippen molar-refractivity contribution in [1.82, 2.24) is 4.68 Å². The summed E-state index contributed by atoms with van der Waals surface area (Å²) in [6, 6.07) is 8.34. The molecule has 3 nitrogen and oxygen atoms in total. The summed E-state index contributed by atoms with van der Waals surface area (Å²) in [6.07, 6.45) is 4.69. The number of hydrogen-bond acceptors (Lipinski definition) is 3. The van der Waals surface area contributed by atoms with Crippen LogP contribution in [0.1, 0.15) is 32.6 Å². The van der Waals surface area contributed by atoms with Gasteiger partial charge in [0.1, 0.15) is 0 Å². The Bertz CT molecular complexity index is 788. The second kappa shape index (κ2) is 7.41. The molecule has 1 fully saturated rings. The molecule has 0 spiro atoms. The van der Waals surface area contributed by atoms with Crippen LogP contribution < -0.4 is 4.80 Å². The van der Waals surface area contributed by atoms with Gasteiger partial charge in [-0.2, -0.15) is 5.10 Å². The number of benzene rings is 1. The molecule has 0 N–H and O–H groups in total. The minimum absolute atomic E-state index is 0.644. The zero-order valence-electron chi connectivity index (χ0n) is 13.3. The highest BCUT2D eigenvalue weighted by atomic mass is 79.9. The Morgan fingerprint density at radius 2 is 1.96 bits per heavy atom. The SMILES string of the molecule is C=C(C)CN=c1scc(-c2ccc(Br)cc2)n1N=C1CCCC1. The van der Waals surface area contributed by atoms with E-state index in [2.05, 4.69) is 57.1 Å². The Labute approximate surface area is 149 Å². The minimum Gasteiger partial charge on any atom is -0.253 e. The third-order valence-electron chi connectivity index (χ3n) is 3.73. The van der Waals surface area contributed by atoms with Crippen molar-refractivity contribution in [3.8, 4) is 11.3 Å². The maximum atomic E-state index is 4.90. The first-order valence-electron chi connectivity index (χ1n) is 7.81. The molecule has 0 saturated heterocycles. The second-order valence-corrected chi connectivity index (χ2v) is 7.62. The van der Waals surface area contributed by atoms with E-state index in [1.54, 1.807) is 11.3 Å². The number of aromatic nitrogens is 1. The van der Waals surface area contributed by atoms with Crippen LogP contribution in [0, 0.1) is 0 Å². The highest BCUT2D eigenvalue weighted by Gasteiger charge is 2.12. The maximum Gasteiger partial charge on any atom is 0.206 e. The molecule has 23 heavy (non-hydrogen) atoms. The first kappa shape index (κ1) is 16.4. The Hall–Kier alpha value is -1.46. The molecule has 120 valence electrons. The third-order valence-corrected chi connectivity index (χ3v) is 5.11. The van der Waals surface area contributed by atoms with Gasteiger partial charge in [-0.1, -0.05) is 40.2 Å².